The monoisotopic (exact) mass is 297 g/mol. The van der Waals surface area contributed by atoms with Crippen LogP contribution in [0.5, 0.6) is 11.5 Å². The van der Waals surface area contributed by atoms with Gasteiger partial charge in [0.25, 0.3) is 0 Å². The van der Waals surface area contributed by atoms with Gasteiger partial charge in [0.15, 0.2) is 32.8 Å². The molecule has 0 bridgehead atoms. The minimum atomic E-state index is -1.81. The van der Waals surface area contributed by atoms with Crippen LogP contribution >= 0.6 is 0 Å². The third kappa shape index (κ3) is 4.31. The predicted octanol–water partition coefficient (Wildman–Crippen LogP) is -2.56. The van der Waals surface area contributed by atoms with E-state index in [1.807, 2.05) is 0 Å². The van der Waals surface area contributed by atoms with Gasteiger partial charge in [0.05, 0.1) is 54.9 Å². The number of hydrogen-bond acceptors (Lipinski definition) is 3. The van der Waals surface area contributed by atoms with Crippen molar-refractivity contribution < 1.29 is 9.47 Å². The summed E-state index contributed by atoms with van der Waals surface area (Å²) in [6, 6.07) is 3.60. The molecule has 1 aliphatic rings. The molecular formula is C12H8B9NO2. The summed E-state index contributed by atoms with van der Waals surface area (Å²) in [6.07, 6.45) is 0. The lowest BCUT2D eigenvalue weighted by Crippen LogP contribution is -2.64. The average molecular weight is 296 g/mol. The van der Waals surface area contributed by atoms with E-state index in [2.05, 4.69) is 5.32 Å². The smallest absolute Gasteiger partial charge is 0.175 e. The summed E-state index contributed by atoms with van der Waals surface area (Å²) in [5.41, 5.74) is -1.40. The molecule has 0 aliphatic carbocycles. The lowest BCUT2D eigenvalue weighted by molar-refractivity contribution is 0.0833. The van der Waals surface area contributed by atoms with Crippen molar-refractivity contribution in [2.45, 2.75) is 34.2 Å². The van der Waals surface area contributed by atoms with E-state index in [9.17, 15) is 0 Å². The molecule has 3 nitrogen and oxygen atoms in total. The predicted molar refractivity (Wildman–Crippen MR) is 102 cm³/mol. The highest BCUT2D eigenvalue weighted by molar-refractivity contribution is 6.59. The van der Waals surface area contributed by atoms with E-state index in [0.29, 0.717) is 11.3 Å². The van der Waals surface area contributed by atoms with Gasteiger partial charge in [0.2, 0.25) is 0 Å². The Labute approximate surface area is 155 Å². The molecule has 1 unspecified atom stereocenters. The SMILES string of the molecule is [B]C([B])([B])NC(C([B])([B])C)C([B])([B])c1ccc2c(c1)OC([B])([B])O2. The summed E-state index contributed by atoms with van der Waals surface area (Å²) >= 11 is 0. The molecule has 1 atom stereocenters. The molecule has 0 spiro atoms. The van der Waals surface area contributed by atoms with Crippen LogP contribution in [-0.4, -0.2) is 87.5 Å². The highest BCUT2D eigenvalue weighted by Gasteiger charge is 2.40. The normalized spacial score (nSPS) is 18.2. The molecule has 0 saturated carbocycles. The van der Waals surface area contributed by atoms with E-state index in [1.54, 1.807) is 12.1 Å². The molecule has 24 heavy (non-hydrogen) atoms. The molecule has 100 valence electrons. The van der Waals surface area contributed by atoms with Gasteiger partial charge in [0.1, 0.15) is 0 Å². The average Bonchev–Trinajstić information content (AvgIpc) is 2.66. The Morgan fingerprint density at radius 2 is 1.50 bits per heavy atom. The second-order valence-corrected chi connectivity index (χ2v) is 6.40. The maximum atomic E-state index is 6.27. The summed E-state index contributed by atoms with van der Waals surface area (Å²) in [5.74, 6) is 0.588. The zero-order valence-corrected chi connectivity index (χ0v) is 13.3. The van der Waals surface area contributed by atoms with E-state index < -0.39 is 27.3 Å². The lowest BCUT2D eigenvalue weighted by atomic mass is 9.35. The van der Waals surface area contributed by atoms with Gasteiger partial charge in [-0.2, -0.15) is 0 Å². The van der Waals surface area contributed by atoms with Gasteiger partial charge in [-0.25, -0.2) is 0 Å². The molecule has 12 heteroatoms. The zero-order valence-electron chi connectivity index (χ0n) is 13.3. The molecule has 1 N–H and O–H groups in total. The first-order valence-electron chi connectivity index (χ1n) is 7.02. The standard InChI is InChI=1S/C12H8B9NO2/c1-9(13,14)8(22-11(17,18)19)10(15,16)5-2-3-6-7(4-5)24-12(20,21)23-6/h2-4,8,22H,1H3. The van der Waals surface area contributed by atoms with E-state index in [-0.39, 0.29) is 5.75 Å². The summed E-state index contributed by atoms with van der Waals surface area (Å²) in [6.45, 7) is 1.49. The van der Waals surface area contributed by atoms with Gasteiger partial charge in [-0.3, -0.25) is 0 Å². The highest BCUT2D eigenvalue weighted by atomic mass is 16.7. The maximum Gasteiger partial charge on any atom is 0.175 e. The first-order chi connectivity index (χ1) is 10.6. The summed E-state index contributed by atoms with van der Waals surface area (Å²) in [4.78, 5) is 0. The Balaban J connectivity index is 2.41. The summed E-state index contributed by atoms with van der Waals surface area (Å²) in [7, 11) is 52.3. The van der Waals surface area contributed by atoms with Crippen molar-refractivity contribution in [2.75, 3.05) is 0 Å². The van der Waals surface area contributed by atoms with Crippen molar-refractivity contribution >= 4 is 70.6 Å². The van der Waals surface area contributed by atoms with Gasteiger partial charge in [-0.1, -0.05) is 34.2 Å². The van der Waals surface area contributed by atoms with E-state index in [0.717, 1.165) is 0 Å². The van der Waals surface area contributed by atoms with Crippen LogP contribution in [0.1, 0.15) is 12.5 Å². The number of ether oxygens (including phenoxy) is 2. The zero-order chi connectivity index (χ0) is 18.6. The van der Waals surface area contributed by atoms with Crippen LogP contribution in [0.25, 0.3) is 0 Å². The van der Waals surface area contributed by atoms with Crippen LogP contribution < -0.4 is 14.8 Å². The van der Waals surface area contributed by atoms with Crippen molar-refractivity contribution in [3.63, 3.8) is 0 Å². The van der Waals surface area contributed by atoms with Crippen LogP contribution in [0.4, 0.5) is 0 Å². The summed E-state index contributed by atoms with van der Waals surface area (Å²) < 4.78 is 10.5. The van der Waals surface area contributed by atoms with Crippen molar-refractivity contribution in [1.29, 1.82) is 0 Å². The number of fused-ring (bicyclic) bond motifs is 1. The Kier molecular flexibility index (Phi) is 4.89. The Bertz CT molecular complexity index is 624. The number of nitrogens with one attached hydrogen (secondary N) is 1. The number of rotatable bonds is 5. The third-order valence-corrected chi connectivity index (χ3v) is 3.48. The fraction of sp³-hybridized carbons (Fsp3) is 0.500. The van der Waals surface area contributed by atoms with E-state index in [1.165, 1.54) is 13.0 Å². The fourth-order valence-electron chi connectivity index (χ4n) is 2.51. The molecule has 0 aromatic heterocycles. The van der Waals surface area contributed by atoms with Gasteiger partial charge in [0, 0.05) is 0 Å². The first kappa shape index (κ1) is 19.7. The van der Waals surface area contributed by atoms with Gasteiger partial charge < -0.3 is 14.8 Å². The Morgan fingerprint density at radius 3 is 2.00 bits per heavy atom. The first-order valence-corrected chi connectivity index (χ1v) is 7.02. The molecular weight excluding hydrogens is 287 g/mol. The molecule has 18 radical (unpaired) electrons. The fourth-order valence-corrected chi connectivity index (χ4v) is 2.51. The molecule has 1 aromatic rings. The molecule has 1 aliphatic heterocycles. The van der Waals surface area contributed by atoms with Crippen LogP contribution in [0.3, 0.4) is 0 Å². The highest BCUT2D eigenvalue weighted by Crippen LogP contribution is 2.41. The van der Waals surface area contributed by atoms with E-state index in [4.69, 9.17) is 80.1 Å². The minimum Gasteiger partial charge on any atom is -0.468 e. The molecule has 2 rings (SSSR count). The van der Waals surface area contributed by atoms with Crippen LogP contribution in [0.15, 0.2) is 18.2 Å². The topological polar surface area (TPSA) is 30.5 Å². The van der Waals surface area contributed by atoms with Crippen LogP contribution in [0.2, 0.25) is 5.21 Å². The van der Waals surface area contributed by atoms with Crippen molar-refractivity contribution in [3.8, 4) is 11.5 Å². The summed E-state index contributed by atoms with van der Waals surface area (Å²) in [5, 5.41) is -2.23. The largest absolute Gasteiger partial charge is 0.468 e. The molecule has 0 saturated heterocycles. The van der Waals surface area contributed by atoms with Crippen molar-refractivity contribution in [1.82, 2.24) is 5.32 Å². The van der Waals surface area contributed by atoms with Crippen LogP contribution in [0, 0.1) is 0 Å². The third-order valence-electron chi connectivity index (χ3n) is 3.48. The van der Waals surface area contributed by atoms with Crippen molar-refractivity contribution in [2.24, 2.45) is 0 Å². The quantitative estimate of drug-likeness (QED) is 0.607. The molecule has 1 heterocycles. The minimum absolute atomic E-state index is 0.256. The number of hydrogen-bond donors (Lipinski definition) is 1. The Morgan fingerprint density at radius 1 is 0.958 bits per heavy atom. The molecule has 0 fully saturated rings. The Hall–Kier alpha value is -0.636. The lowest BCUT2D eigenvalue weighted by Gasteiger charge is -2.49. The number of benzene rings is 1. The molecule has 0 amide bonds. The maximum absolute atomic E-state index is 6.27. The second kappa shape index (κ2) is 5.97. The molecule has 1 aromatic carbocycles. The van der Waals surface area contributed by atoms with Crippen molar-refractivity contribution in [3.05, 3.63) is 23.8 Å². The van der Waals surface area contributed by atoms with Crippen LogP contribution in [-0.2, 0) is 5.21 Å². The van der Waals surface area contributed by atoms with Gasteiger partial charge in [-0.15, -0.1) is 0 Å². The van der Waals surface area contributed by atoms with Gasteiger partial charge >= 0.3 is 0 Å². The second-order valence-electron chi connectivity index (χ2n) is 6.40. The van der Waals surface area contributed by atoms with E-state index >= 15 is 0 Å². The van der Waals surface area contributed by atoms with Gasteiger partial charge in [-0.05, 0) is 18.2 Å².